The van der Waals surface area contributed by atoms with Gasteiger partial charge in [-0.1, -0.05) is 17.7 Å². The molecule has 2 aromatic rings. The molecule has 0 aliphatic rings. The largest absolute Gasteiger partial charge is 0.396 e. The lowest BCUT2D eigenvalue weighted by Crippen LogP contribution is -1.91. The first kappa shape index (κ1) is 12.3. The molecule has 0 heterocycles. The SMILES string of the molecule is Nc1ccc(CSc2ccc(Cl)cc2)cc1F. The number of anilines is 1. The Morgan fingerprint density at radius 1 is 1.12 bits per heavy atom. The summed E-state index contributed by atoms with van der Waals surface area (Å²) < 4.78 is 13.2. The van der Waals surface area contributed by atoms with E-state index in [2.05, 4.69) is 0 Å². The molecule has 2 aromatic carbocycles. The standard InChI is InChI=1S/C13H11ClFNS/c14-10-2-4-11(5-3-10)17-8-9-1-6-13(16)12(15)7-9/h1-7H,8,16H2. The third-order valence-corrected chi connectivity index (χ3v) is 3.62. The van der Waals surface area contributed by atoms with Crippen molar-refractivity contribution in [1.29, 1.82) is 0 Å². The highest BCUT2D eigenvalue weighted by atomic mass is 35.5. The van der Waals surface area contributed by atoms with Crippen LogP contribution >= 0.6 is 23.4 Å². The van der Waals surface area contributed by atoms with Gasteiger partial charge in [0.25, 0.3) is 0 Å². The van der Waals surface area contributed by atoms with E-state index in [0.717, 1.165) is 10.5 Å². The molecule has 0 saturated heterocycles. The highest BCUT2D eigenvalue weighted by Gasteiger charge is 2.01. The summed E-state index contributed by atoms with van der Waals surface area (Å²) in [7, 11) is 0. The van der Waals surface area contributed by atoms with E-state index < -0.39 is 0 Å². The van der Waals surface area contributed by atoms with Crippen LogP contribution in [0.15, 0.2) is 47.4 Å². The van der Waals surface area contributed by atoms with E-state index in [4.69, 9.17) is 17.3 Å². The van der Waals surface area contributed by atoms with Crippen LogP contribution in [-0.4, -0.2) is 0 Å². The van der Waals surface area contributed by atoms with Gasteiger partial charge >= 0.3 is 0 Å². The summed E-state index contributed by atoms with van der Waals surface area (Å²) in [5.74, 6) is 0.345. The van der Waals surface area contributed by atoms with Gasteiger partial charge in [-0.25, -0.2) is 4.39 Å². The Morgan fingerprint density at radius 3 is 2.47 bits per heavy atom. The third-order valence-electron chi connectivity index (χ3n) is 2.28. The van der Waals surface area contributed by atoms with Crippen LogP contribution in [0.25, 0.3) is 0 Å². The minimum Gasteiger partial charge on any atom is -0.396 e. The van der Waals surface area contributed by atoms with Crippen LogP contribution in [0.2, 0.25) is 5.02 Å². The number of nitrogens with two attached hydrogens (primary N) is 1. The van der Waals surface area contributed by atoms with E-state index in [1.807, 2.05) is 30.3 Å². The Balaban J connectivity index is 2.02. The monoisotopic (exact) mass is 267 g/mol. The number of hydrogen-bond donors (Lipinski definition) is 1. The lowest BCUT2D eigenvalue weighted by Gasteiger charge is -2.03. The van der Waals surface area contributed by atoms with Crippen molar-refractivity contribution in [1.82, 2.24) is 0 Å². The van der Waals surface area contributed by atoms with Gasteiger partial charge in [-0.05, 0) is 42.0 Å². The average molecular weight is 268 g/mol. The Bertz CT molecular complexity index is 513. The van der Waals surface area contributed by atoms with Gasteiger partial charge in [0.2, 0.25) is 0 Å². The maximum Gasteiger partial charge on any atom is 0.146 e. The molecule has 2 N–H and O–H groups in total. The first-order chi connectivity index (χ1) is 8.15. The summed E-state index contributed by atoms with van der Waals surface area (Å²) in [6, 6.07) is 12.5. The molecule has 17 heavy (non-hydrogen) atoms. The van der Waals surface area contributed by atoms with Crippen molar-refractivity contribution in [2.75, 3.05) is 5.73 Å². The molecule has 0 aromatic heterocycles. The molecule has 88 valence electrons. The molecule has 0 atom stereocenters. The summed E-state index contributed by atoms with van der Waals surface area (Å²) in [6.45, 7) is 0. The Labute approximate surface area is 109 Å². The summed E-state index contributed by atoms with van der Waals surface area (Å²) in [6.07, 6.45) is 0. The summed E-state index contributed by atoms with van der Waals surface area (Å²) >= 11 is 7.42. The van der Waals surface area contributed by atoms with Crippen LogP contribution in [0.3, 0.4) is 0 Å². The molecule has 0 spiro atoms. The van der Waals surface area contributed by atoms with Crippen molar-refractivity contribution in [3.63, 3.8) is 0 Å². The lowest BCUT2D eigenvalue weighted by molar-refractivity contribution is 0.631. The van der Waals surface area contributed by atoms with Crippen LogP contribution in [0.1, 0.15) is 5.56 Å². The molecule has 1 nitrogen and oxygen atoms in total. The minimum absolute atomic E-state index is 0.185. The second-order valence-electron chi connectivity index (χ2n) is 3.60. The van der Waals surface area contributed by atoms with Gasteiger partial charge in [-0.2, -0.15) is 0 Å². The highest BCUT2D eigenvalue weighted by molar-refractivity contribution is 7.98. The van der Waals surface area contributed by atoms with Gasteiger partial charge in [-0.3, -0.25) is 0 Å². The molecule has 0 fully saturated rings. The van der Waals surface area contributed by atoms with Crippen molar-refractivity contribution < 1.29 is 4.39 Å². The van der Waals surface area contributed by atoms with E-state index in [-0.39, 0.29) is 11.5 Å². The van der Waals surface area contributed by atoms with Gasteiger partial charge in [0.1, 0.15) is 5.82 Å². The molecular formula is C13H11ClFNS. The van der Waals surface area contributed by atoms with Crippen LogP contribution in [0.5, 0.6) is 0 Å². The molecular weight excluding hydrogens is 257 g/mol. The molecule has 0 unspecified atom stereocenters. The van der Waals surface area contributed by atoms with Crippen LogP contribution in [0, 0.1) is 5.82 Å². The molecule has 0 aliphatic heterocycles. The van der Waals surface area contributed by atoms with E-state index in [1.54, 1.807) is 17.8 Å². The summed E-state index contributed by atoms with van der Waals surface area (Å²) in [4.78, 5) is 1.10. The highest BCUT2D eigenvalue weighted by Crippen LogP contribution is 2.25. The summed E-state index contributed by atoms with van der Waals surface area (Å²) in [5.41, 5.74) is 6.52. The Kier molecular flexibility index (Phi) is 3.92. The molecule has 0 radical (unpaired) electrons. The second-order valence-corrected chi connectivity index (χ2v) is 5.08. The first-order valence-corrected chi connectivity index (χ1v) is 6.44. The average Bonchev–Trinajstić information content (AvgIpc) is 2.33. The van der Waals surface area contributed by atoms with Crippen LogP contribution in [-0.2, 0) is 5.75 Å². The predicted molar refractivity (Wildman–Crippen MR) is 71.8 cm³/mol. The molecule has 0 saturated carbocycles. The van der Waals surface area contributed by atoms with Gasteiger partial charge < -0.3 is 5.73 Å². The number of halogens is 2. The quantitative estimate of drug-likeness (QED) is 0.661. The van der Waals surface area contributed by atoms with Crippen molar-refractivity contribution in [3.05, 3.63) is 58.9 Å². The third kappa shape index (κ3) is 3.38. The molecule has 0 amide bonds. The van der Waals surface area contributed by atoms with Gasteiger partial charge in [0.15, 0.2) is 0 Å². The Hall–Kier alpha value is -1.19. The fourth-order valence-electron chi connectivity index (χ4n) is 1.36. The zero-order valence-electron chi connectivity index (χ0n) is 8.99. The van der Waals surface area contributed by atoms with Crippen LogP contribution in [0.4, 0.5) is 10.1 Å². The smallest absolute Gasteiger partial charge is 0.146 e. The van der Waals surface area contributed by atoms with E-state index >= 15 is 0 Å². The first-order valence-electron chi connectivity index (χ1n) is 5.07. The van der Waals surface area contributed by atoms with Gasteiger partial charge in [0.05, 0.1) is 5.69 Å². The molecule has 4 heteroatoms. The van der Waals surface area contributed by atoms with E-state index in [9.17, 15) is 4.39 Å². The topological polar surface area (TPSA) is 26.0 Å². The Morgan fingerprint density at radius 2 is 1.82 bits per heavy atom. The number of hydrogen-bond acceptors (Lipinski definition) is 2. The normalized spacial score (nSPS) is 10.5. The number of benzene rings is 2. The predicted octanol–water partition coefficient (Wildman–Crippen LogP) is 4.35. The zero-order chi connectivity index (χ0) is 12.3. The van der Waals surface area contributed by atoms with Gasteiger partial charge in [-0.15, -0.1) is 11.8 Å². The van der Waals surface area contributed by atoms with Crippen LogP contribution < -0.4 is 5.73 Å². The fourth-order valence-corrected chi connectivity index (χ4v) is 2.33. The number of rotatable bonds is 3. The lowest BCUT2D eigenvalue weighted by atomic mass is 10.2. The maximum absolute atomic E-state index is 13.2. The van der Waals surface area contributed by atoms with E-state index in [1.165, 1.54) is 6.07 Å². The van der Waals surface area contributed by atoms with Crippen molar-refractivity contribution in [2.45, 2.75) is 10.6 Å². The number of thioether (sulfide) groups is 1. The molecule has 0 bridgehead atoms. The molecule has 2 rings (SSSR count). The zero-order valence-corrected chi connectivity index (χ0v) is 10.6. The van der Waals surface area contributed by atoms with Gasteiger partial charge in [0, 0.05) is 15.7 Å². The second kappa shape index (κ2) is 5.43. The van der Waals surface area contributed by atoms with Crippen molar-refractivity contribution in [3.8, 4) is 0 Å². The molecule has 0 aliphatic carbocycles. The maximum atomic E-state index is 13.2. The number of nitrogen functional groups attached to an aromatic ring is 1. The van der Waals surface area contributed by atoms with E-state index in [0.29, 0.717) is 10.8 Å². The minimum atomic E-state index is -0.362. The van der Waals surface area contributed by atoms with Crippen molar-refractivity contribution >= 4 is 29.1 Å². The fraction of sp³-hybridized carbons (Fsp3) is 0.0769. The summed E-state index contributed by atoms with van der Waals surface area (Å²) in [5, 5.41) is 0.716. The van der Waals surface area contributed by atoms with Crippen molar-refractivity contribution in [2.24, 2.45) is 0 Å².